The summed E-state index contributed by atoms with van der Waals surface area (Å²) < 4.78 is 0. The fraction of sp³-hybridized carbons (Fsp3) is 0. The van der Waals surface area contributed by atoms with Gasteiger partial charge in [-0.3, -0.25) is 0 Å². The maximum atomic E-state index is 8.33. The van der Waals surface area contributed by atoms with Gasteiger partial charge >= 0.3 is 55.1 Å². The predicted octanol–water partition coefficient (Wildman–Crippen LogP) is -3.92. The number of carboxylic acid groups (broad SMARTS) is 2. The summed E-state index contributed by atoms with van der Waals surface area (Å²) in [6, 6.07) is 0. The van der Waals surface area contributed by atoms with E-state index in [2.05, 4.69) is 0 Å². The molecule has 0 aromatic heterocycles. The minimum atomic E-state index is -2.33. The van der Waals surface area contributed by atoms with Gasteiger partial charge in [-0.15, -0.1) is 0 Å². The SMILES string of the molecule is O=C([O-])[O-].[Al+3].[CaH2].[OH-]. The molecule has 0 rings (SSSR count). The van der Waals surface area contributed by atoms with Gasteiger partial charge in [-0.1, -0.05) is 0 Å². The van der Waals surface area contributed by atoms with Crippen molar-refractivity contribution in [3.8, 4) is 0 Å². The molecule has 0 unspecified atom stereocenters. The van der Waals surface area contributed by atoms with Gasteiger partial charge in [-0.25, -0.2) is 0 Å². The summed E-state index contributed by atoms with van der Waals surface area (Å²) in [4.78, 5) is 8.33. The Morgan fingerprint density at radius 3 is 1.29 bits per heavy atom. The summed E-state index contributed by atoms with van der Waals surface area (Å²) in [6.07, 6.45) is -2.33. The number of rotatable bonds is 0. The van der Waals surface area contributed by atoms with Crippen LogP contribution in [-0.2, 0) is 0 Å². The molecule has 0 radical (unpaired) electrons. The number of hydrogen-bond donors (Lipinski definition) is 0. The van der Waals surface area contributed by atoms with E-state index in [4.69, 9.17) is 15.0 Å². The molecule has 0 atom stereocenters. The molecule has 0 saturated carbocycles. The molecule has 4 nitrogen and oxygen atoms in total. The first-order valence-electron chi connectivity index (χ1n) is 0.612. The minimum Gasteiger partial charge on any atom is -0.870 e. The van der Waals surface area contributed by atoms with Gasteiger partial charge in [-0.05, 0) is 6.16 Å². The van der Waals surface area contributed by atoms with E-state index in [0.29, 0.717) is 0 Å². The molecule has 0 heterocycles. The molecule has 0 amide bonds. The third-order valence-corrected chi connectivity index (χ3v) is 0. The Hall–Kier alpha value is 1.02. The van der Waals surface area contributed by atoms with Gasteiger partial charge in [0.15, 0.2) is 0 Å². The third kappa shape index (κ3) is 170. The molecule has 36 valence electrons. The van der Waals surface area contributed by atoms with E-state index in [-0.39, 0.29) is 60.6 Å². The van der Waals surface area contributed by atoms with Crippen LogP contribution in [0.3, 0.4) is 0 Å². The van der Waals surface area contributed by atoms with Crippen molar-refractivity contribution in [2.24, 2.45) is 0 Å². The Balaban J connectivity index is -0.0000000150. The van der Waals surface area contributed by atoms with Crippen LogP contribution in [0.2, 0.25) is 0 Å². The van der Waals surface area contributed by atoms with Crippen LogP contribution in [0.15, 0.2) is 0 Å². The summed E-state index contributed by atoms with van der Waals surface area (Å²) in [5, 5.41) is 16.7. The largest absolute Gasteiger partial charge is 0.870 e. The normalized spacial score (nSPS) is 3.43. The Morgan fingerprint density at radius 2 is 1.29 bits per heavy atom. The second-order valence-corrected chi connectivity index (χ2v) is 0.250. The molecule has 0 aromatic rings. The second-order valence-electron chi connectivity index (χ2n) is 0.250. The van der Waals surface area contributed by atoms with E-state index < -0.39 is 6.16 Å². The quantitative estimate of drug-likeness (QED) is 0.326. The first-order valence-corrected chi connectivity index (χ1v) is 0.612. The van der Waals surface area contributed by atoms with E-state index in [1.807, 2.05) is 0 Å². The second kappa shape index (κ2) is 15.7. The molecule has 7 heavy (non-hydrogen) atoms. The van der Waals surface area contributed by atoms with Crippen molar-refractivity contribution >= 4 is 61.3 Å². The molecule has 0 bridgehead atoms. The van der Waals surface area contributed by atoms with Gasteiger partial charge in [0.2, 0.25) is 0 Å². The van der Waals surface area contributed by atoms with Gasteiger partial charge in [-0.2, -0.15) is 0 Å². The molecule has 0 aliphatic rings. The third-order valence-electron chi connectivity index (χ3n) is 0. The van der Waals surface area contributed by atoms with Crippen molar-refractivity contribution in [3.05, 3.63) is 0 Å². The van der Waals surface area contributed by atoms with Crippen molar-refractivity contribution in [2.45, 2.75) is 0 Å². The average molecular weight is 146 g/mol. The van der Waals surface area contributed by atoms with Gasteiger partial charge in [0.1, 0.15) is 0 Å². The standard InChI is InChI=1S/CH2O3.Al.Ca.H2O.2H/c2-1(3)4;;;;;/h(H2,2,3,4);;;1H2;;/q;+3;;;;/p-3. The minimum absolute atomic E-state index is 0. The van der Waals surface area contributed by atoms with Crippen molar-refractivity contribution in [2.75, 3.05) is 0 Å². The smallest absolute Gasteiger partial charge is 0.870 e. The van der Waals surface area contributed by atoms with E-state index in [9.17, 15) is 0 Å². The molecule has 0 aromatic carbocycles. The average Bonchev–Trinajstić information content (AvgIpc) is 0.811. The molecule has 1 N–H and O–H groups in total. The van der Waals surface area contributed by atoms with Crippen LogP contribution in [0, 0.1) is 0 Å². The van der Waals surface area contributed by atoms with Crippen LogP contribution in [0.5, 0.6) is 0 Å². The van der Waals surface area contributed by atoms with Crippen LogP contribution < -0.4 is 10.2 Å². The number of carbonyl (C=O) groups is 1. The van der Waals surface area contributed by atoms with Crippen LogP contribution in [0.4, 0.5) is 4.79 Å². The summed E-state index contributed by atoms with van der Waals surface area (Å²) in [6.45, 7) is 0. The fourth-order valence-corrected chi connectivity index (χ4v) is 0. The van der Waals surface area contributed by atoms with Crippen LogP contribution in [-0.4, -0.2) is 66.7 Å². The van der Waals surface area contributed by atoms with Crippen LogP contribution in [0.1, 0.15) is 0 Å². The Kier molecular flexibility index (Phi) is 55.0. The van der Waals surface area contributed by atoms with Crippen LogP contribution in [0.25, 0.3) is 0 Å². The van der Waals surface area contributed by atoms with E-state index >= 15 is 0 Å². The summed E-state index contributed by atoms with van der Waals surface area (Å²) >= 11 is 0. The fourth-order valence-electron chi connectivity index (χ4n) is 0. The molecular weight excluding hydrogens is 143 g/mol. The maximum Gasteiger partial charge on any atom is -0.870 e. The Labute approximate surface area is 81.0 Å². The topological polar surface area (TPSA) is 93.2 Å². The monoisotopic (exact) mass is 146 g/mol. The van der Waals surface area contributed by atoms with E-state index in [1.165, 1.54) is 0 Å². The van der Waals surface area contributed by atoms with Gasteiger partial charge in [0.05, 0.1) is 0 Å². The molecule has 6 heteroatoms. The van der Waals surface area contributed by atoms with Gasteiger partial charge in [0.25, 0.3) is 0 Å². The molecule has 0 spiro atoms. The zero-order valence-corrected chi connectivity index (χ0v) is 3.90. The number of hydrogen-bond acceptors (Lipinski definition) is 4. The summed E-state index contributed by atoms with van der Waals surface area (Å²) in [5.74, 6) is 0. The zero-order chi connectivity index (χ0) is 3.58. The van der Waals surface area contributed by atoms with Crippen molar-refractivity contribution in [1.29, 1.82) is 0 Å². The summed E-state index contributed by atoms with van der Waals surface area (Å²) in [5.41, 5.74) is 0. The predicted molar refractivity (Wildman–Crippen MR) is 21.6 cm³/mol. The number of carbonyl (C=O) groups excluding carboxylic acids is 1. The van der Waals surface area contributed by atoms with Gasteiger partial charge < -0.3 is 20.5 Å². The maximum absolute atomic E-state index is 8.33. The van der Waals surface area contributed by atoms with Crippen molar-refractivity contribution in [1.82, 2.24) is 0 Å². The first-order chi connectivity index (χ1) is 1.73. The first kappa shape index (κ1) is 24.5. The van der Waals surface area contributed by atoms with Crippen molar-refractivity contribution in [3.63, 3.8) is 0 Å². The molecule has 0 saturated heterocycles. The van der Waals surface area contributed by atoms with E-state index in [1.54, 1.807) is 0 Å². The van der Waals surface area contributed by atoms with Crippen LogP contribution >= 0.6 is 0 Å². The molecular formula is CH3AlCaO4. The Morgan fingerprint density at radius 1 is 1.29 bits per heavy atom. The Bertz CT molecular complexity index is 34.7. The summed E-state index contributed by atoms with van der Waals surface area (Å²) in [7, 11) is 0. The molecule has 0 fully saturated rings. The van der Waals surface area contributed by atoms with Crippen molar-refractivity contribution < 1.29 is 20.5 Å². The zero-order valence-electron chi connectivity index (χ0n) is 2.75. The molecule has 0 aliphatic carbocycles. The van der Waals surface area contributed by atoms with E-state index in [0.717, 1.165) is 0 Å². The van der Waals surface area contributed by atoms with Gasteiger partial charge in [0, 0.05) is 0 Å². The molecule has 0 aliphatic heterocycles.